The molecule has 1 saturated heterocycles. The molecule has 4 heteroatoms. The van der Waals surface area contributed by atoms with E-state index in [1.165, 1.54) is 12.0 Å². The van der Waals surface area contributed by atoms with Crippen LogP contribution >= 0.6 is 0 Å². The van der Waals surface area contributed by atoms with E-state index >= 15 is 0 Å². The van der Waals surface area contributed by atoms with Gasteiger partial charge in [0, 0.05) is 43.9 Å². The lowest BCUT2D eigenvalue weighted by Gasteiger charge is -2.25. The molecule has 0 aliphatic carbocycles. The van der Waals surface area contributed by atoms with E-state index in [1.807, 2.05) is 10.9 Å². The minimum atomic E-state index is 0.215. The first-order valence-corrected chi connectivity index (χ1v) is 7.90. The third kappa shape index (κ3) is 3.83. The molecule has 0 radical (unpaired) electrons. The lowest BCUT2D eigenvalue weighted by Crippen LogP contribution is -2.33. The molecular weight excluding hydrogens is 250 g/mol. The molecule has 2 heterocycles. The van der Waals surface area contributed by atoms with Crippen molar-refractivity contribution in [2.24, 2.45) is 11.3 Å². The van der Waals surface area contributed by atoms with Crippen molar-refractivity contribution in [1.82, 2.24) is 15.1 Å². The Hall–Kier alpha value is -0.870. The number of aromatic nitrogens is 2. The largest absolute Gasteiger partial charge is 0.373 e. The van der Waals surface area contributed by atoms with Crippen molar-refractivity contribution in [3.8, 4) is 0 Å². The molecule has 1 aliphatic heterocycles. The number of nitrogens with zero attached hydrogens (tertiary/aromatic N) is 2. The van der Waals surface area contributed by atoms with Crippen molar-refractivity contribution in [3.63, 3.8) is 0 Å². The maximum absolute atomic E-state index is 5.93. The molecule has 114 valence electrons. The highest BCUT2D eigenvalue weighted by Crippen LogP contribution is 2.34. The number of rotatable bonds is 7. The van der Waals surface area contributed by atoms with Crippen molar-refractivity contribution in [1.29, 1.82) is 0 Å². The molecule has 1 aliphatic rings. The fourth-order valence-corrected chi connectivity index (χ4v) is 2.63. The average molecular weight is 279 g/mol. The molecular formula is C16H29N3O. The normalized spacial score (nSPS) is 23.4. The number of nitrogens with one attached hydrogen (secondary N) is 1. The van der Waals surface area contributed by atoms with Crippen molar-refractivity contribution >= 4 is 0 Å². The van der Waals surface area contributed by atoms with Gasteiger partial charge in [0.2, 0.25) is 0 Å². The van der Waals surface area contributed by atoms with Gasteiger partial charge in [0.25, 0.3) is 0 Å². The monoisotopic (exact) mass is 279 g/mol. The van der Waals surface area contributed by atoms with Crippen LogP contribution in [0.15, 0.2) is 12.4 Å². The van der Waals surface area contributed by atoms with E-state index in [9.17, 15) is 0 Å². The first-order valence-electron chi connectivity index (χ1n) is 7.90. The molecule has 0 amide bonds. The Bertz CT molecular complexity index is 414. The molecule has 0 saturated carbocycles. The lowest BCUT2D eigenvalue weighted by atomic mass is 9.90. The van der Waals surface area contributed by atoms with Crippen LogP contribution < -0.4 is 5.32 Å². The third-order valence-electron chi connectivity index (χ3n) is 4.49. The average Bonchev–Trinajstić information content (AvgIpc) is 3.06. The van der Waals surface area contributed by atoms with Crippen molar-refractivity contribution < 1.29 is 4.74 Å². The summed E-state index contributed by atoms with van der Waals surface area (Å²) in [6.07, 6.45) is 6.64. The Morgan fingerprint density at radius 1 is 1.45 bits per heavy atom. The number of hydrogen-bond acceptors (Lipinski definition) is 3. The zero-order valence-electron chi connectivity index (χ0n) is 13.4. The Morgan fingerprint density at radius 3 is 2.90 bits per heavy atom. The summed E-state index contributed by atoms with van der Waals surface area (Å²) in [5, 5.41) is 7.99. The predicted octanol–water partition coefficient (Wildman–Crippen LogP) is 3.01. The van der Waals surface area contributed by atoms with Gasteiger partial charge in [-0.25, -0.2) is 0 Å². The van der Waals surface area contributed by atoms with Crippen LogP contribution in [0.1, 0.15) is 52.2 Å². The standard InChI is InChI=1S/C16H29N3O/c1-5-16(3,4)12-17-9-13-7-8-20-15(13)14-10-18-19(6-2)11-14/h10-11,13,15,17H,5-9,12H2,1-4H3/t13-,15+/m1/s1. The molecule has 1 aromatic heterocycles. The van der Waals surface area contributed by atoms with E-state index in [0.29, 0.717) is 11.3 Å². The van der Waals surface area contributed by atoms with Gasteiger partial charge in [0.05, 0.1) is 12.3 Å². The highest BCUT2D eigenvalue weighted by Gasteiger charge is 2.30. The van der Waals surface area contributed by atoms with Crippen LogP contribution in [-0.2, 0) is 11.3 Å². The Kier molecular flexibility index (Phi) is 5.22. The highest BCUT2D eigenvalue weighted by molar-refractivity contribution is 5.11. The minimum absolute atomic E-state index is 0.215. The van der Waals surface area contributed by atoms with Gasteiger partial charge in [-0.2, -0.15) is 5.10 Å². The van der Waals surface area contributed by atoms with Crippen LogP contribution in [0.25, 0.3) is 0 Å². The first-order chi connectivity index (χ1) is 9.55. The van der Waals surface area contributed by atoms with E-state index in [1.54, 1.807) is 0 Å². The van der Waals surface area contributed by atoms with Crippen LogP contribution in [0.5, 0.6) is 0 Å². The van der Waals surface area contributed by atoms with Gasteiger partial charge in [0.15, 0.2) is 0 Å². The Balaban J connectivity index is 1.87. The molecule has 1 aromatic rings. The molecule has 4 nitrogen and oxygen atoms in total. The minimum Gasteiger partial charge on any atom is -0.373 e. The van der Waals surface area contributed by atoms with Gasteiger partial charge in [0.1, 0.15) is 0 Å². The number of hydrogen-bond donors (Lipinski definition) is 1. The zero-order chi connectivity index (χ0) is 14.6. The molecule has 0 unspecified atom stereocenters. The van der Waals surface area contributed by atoms with E-state index in [2.05, 4.69) is 44.3 Å². The van der Waals surface area contributed by atoms with Crippen LogP contribution in [0, 0.1) is 11.3 Å². The second-order valence-electron chi connectivity index (χ2n) is 6.62. The summed E-state index contributed by atoms with van der Waals surface area (Å²) in [4.78, 5) is 0. The quantitative estimate of drug-likeness (QED) is 0.834. The van der Waals surface area contributed by atoms with Crippen molar-refractivity contribution in [3.05, 3.63) is 18.0 Å². The molecule has 2 rings (SSSR count). The smallest absolute Gasteiger partial charge is 0.0896 e. The molecule has 1 N–H and O–H groups in total. The third-order valence-corrected chi connectivity index (χ3v) is 4.49. The maximum atomic E-state index is 5.93. The van der Waals surface area contributed by atoms with E-state index in [4.69, 9.17) is 4.74 Å². The van der Waals surface area contributed by atoms with E-state index < -0.39 is 0 Å². The summed E-state index contributed by atoms with van der Waals surface area (Å²) < 4.78 is 7.90. The van der Waals surface area contributed by atoms with Crippen LogP contribution in [0.2, 0.25) is 0 Å². The van der Waals surface area contributed by atoms with Gasteiger partial charge < -0.3 is 10.1 Å². The fraction of sp³-hybridized carbons (Fsp3) is 0.812. The zero-order valence-corrected chi connectivity index (χ0v) is 13.4. The molecule has 2 atom stereocenters. The summed E-state index contributed by atoms with van der Waals surface area (Å²) >= 11 is 0. The predicted molar refractivity (Wildman–Crippen MR) is 81.6 cm³/mol. The molecule has 20 heavy (non-hydrogen) atoms. The topological polar surface area (TPSA) is 39.1 Å². The number of ether oxygens (including phenoxy) is 1. The summed E-state index contributed by atoms with van der Waals surface area (Å²) in [6, 6.07) is 0. The summed E-state index contributed by atoms with van der Waals surface area (Å²) in [5.41, 5.74) is 1.60. The van der Waals surface area contributed by atoms with Gasteiger partial charge in [-0.15, -0.1) is 0 Å². The van der Waals surface area contributed by atoms with E-state index in [-0.39, 0.29) is 6.10 Å². The van der Waals surface area contributed by atoms with Gasteiger partial charge in [-0.05, 0) is 25.2 Å². The molecule has 0 bridgehead atoms. The first kappa shape index (κ1) is 15.5. The van der Waals surface area contributed by atoms with Gasteiger partial charge in [-0.3, -0.25) is 4.68 Å². The molecule has 0 spiro atoms. The lowest BCUT2D eigenvalue weighted by molar-refractivity contribution is 0.0897. The molecule has 1 fully saturated rings. The van der Waals surface area contributed by atoms with Crippen molar-refractivity contribution in [2.75, 3.05) is 19.7 Å². The van der Waals surface area contributed by atoms with Crippen LogP contribution in [-0.4, -0.2) is 29.5 Å². The second kappa shape index (κ2) is 6.72. The molecule has 0 aromatic carbocycles. The van der Waals surface area contributed by atoms with Crippen molar-refractivity contribution in [2.45, 2.75) is 53.2 Å². The summed E-state index contributed by atoms with van der Waals surface area (Å²) in [5.74, 6) is 0.567. The van der Waals surface area contributed by atoms with Gasteiger partial charge in [-0.1, -0.05) is 20.8 Å². The summed E-state index contributed by atoms with van der Waals surface area (Å²) in [7, 11) is 0. The number of aryl methyl sites for hydroxylation is 1. The maximum Gasteiger partial charge on any atom is 0.0896 e. The Labute approximate surface area is 122 Å². The summed E-state index contributed by atoms with van der Waals surface area (Å²) in [6.45, 7) is 12.9. The van der Waals surface area contributed by atoms with Gasteiger partial charge >= 0.3 is 0 Å². The van der Waals surface area contributed by atoms with E-state index in [0.717, 1.165) is 32.7 Å². The Morgan fingerprint density at radius 2 is 2.25 bits per heavy atom. The fourth-order valence-electron chi connectivity index (χ4n) is 2.63. The second-order valence-corrected chi connectivity index (χ2v) is 6.62. The SMILES string of the molecule is CCn1cc([C@H]2OCC[C@@H]2CNCC(C)(C)CC)cn1. The van der Waals surface area contributed by atoms with Crippen LogP contribution in [0.4, 0.5) is 0 Å². The van der Waals surface area contributed by atoms with Crippen LogP contribution in [0.3, 0.4) is 0 Å². The highest BCUT2D eigenvalue weighted by atomic mass is 16.5.